The Morgan fingerprint density at radius 1 is 1.19 bits per heavy atom. The van der Waals surface area contributed by atoms with E-state index in [1.165, 1.54) is 12.8 Å². The maximum absolute atomic E-state index is 11.4. The van der Waals surface area contributed by atoms with E-state index in [9.17, 15) is 9.59 Å². The molecular weight excluding hydrogens is 226 g/mol. The summed E-state index contributed by atoms with van der Waals surface area (Å²) in [6.45, 7) is 4.22. The van der Waals surface area contributed by atoms with Crippen molar-refractivity contribution in [1.29, 1.82) is 0 Å². The molecule has 0 spiro atoms. The highest BCUT2D eigenvalue weighted by Gasteiger charge is 2.10. The lowest BCUT2D eigenvalue weighted by Gasteiger charge is -2.16. The zero-order chi connectivity index (χ0) is 12.4. The van der Waals surface area contributed by atoms with Crippen LogP contribution in [-0.4, -0.2) is 17.2 Å². The SMILES string of the molecule is CCCCCC(CC)NC(=O)CCC(=O)Cl. The van der Waals surface area contributed by atoms with Crippen LogP contribution in [0, 0.1) is 0 Å². The number of nitrogens with one attached hydrogen (secondary N) is 1. The summed E-state index contributed by atoms with van der Waals surface area (Å²) >= 11 is 5.18. The Morgan fingerprint density at radius 2 is 1.88 bits per heavy atom. The molecule has 0 aromatic carbocycles. The van der Waals surface area contributed by atoms with E-state index in [2.05, 4.69) is 19.2 Å². The molecule has 4 heteroatoms. The summed E-state index contributed by atoms with van der Waals surface area (Å²) in [7, 11) is 0. The molecule has 0 aromatic heterocycles. The molecule has 1 N–H and O–H groups in total. The van der Waals surface area contributed by atoms with E-state index >= 15 is 0 Å². The molecule has 0 aliphatic carbocycles. The standard InChI is InChI=1S/C12H22ClNO2/c1-3-5-6-7-10(4-2)14-12(16)9-8-11(13)15/h10H,3-9H2,1-2H3,(H,14,16). The van der Waals surface area contributed by atoms with Crippen LogP contribution in [0.5, 0.6) is 0 Å². The highest BCUT2D eigenvalue weighted by molar-refractivity contribution is 6.63. The van der Waals surface area contributed by atoms with Crippen LogP contribution in [0.1, 0.15) is 58.8 Å². The van der Waals surface area contributed by atoms with Gasteiger partial charge in [-0.1, -0.05) is 33.1 Å². The topological polar surface area (TPSA) is 46.2 Å². The number of hydrogen-bond donors (Lipinski definition) is 1. The summed E-state index contributed by atoms with van der Waals surface area (Å²) in [5.41, 5.74) is 0. The first kappa shape index (κ1) is 15.4. The van der Waals surface area contributed by atoms with Crippen LogP contribution in [0.4, 0.5) is 0 Å². The minimum atomic E-state index is -0.450. The third-order valence-electron chi connectivity index (χ3n) is 2.56. The molecule has 0 aromatic rings. The Labute approximate surface area is 103 Å². The smallest absolute Gasteiger partial charge is 0.222 e. The fourth-order valence-electron chi connectivity index (χ4n) is 1.53. The van der Waals surface area contributed by atoms with Gasteiger partial charge in [0.25, 0.3) is 0 Å². The number of carbonyl (C=O) groups excluding carboxylic acids is 2. The molecule has 0 saturated carbocycles. The first-order valence-electron chi connectivity index (χ1n) is 6.07. The van der Waals surface area contributed by atoms with E-state index in [1.807, 2.05) is 0 Å². The third-order valence-corrected chi connectivity index (χ3v) is 2.75. The molecule has 0 fully saturated rings. The highest BCUT2D eigenvalue weighted by atomic mass is 35.5. The van der Waals surface area contributed by atoms with Gasteiger partial charge in [0.2, 0.25) is 11.1 Å². The van der Waals surface area contributed by atoms with Gasteiger partial charge in [-0.3, -0.25) is 9.59 Å². The molecule has 0 heterocycles. The zero-order valence-corrected chi connectivity index (χ0v) is 11.0. The van der Waals surface area contributed by atoms with E-state index in [0.29, 0.717) is 0 Å². The molecule has 16 heavy (non-hydrogen) atoms. The minimum Gasteiger partial charge on any atom is -0.353 e. The molecule has 0 bridgehead atoms. The van der Waals surface area contributed by atoms with E-state index < -0.39 is 5.24 Å². The second kappa shape index (κ2) is 9.64. The van der Waals surface area contributed by atoms with Crippen molar-refractivity contribution in [2.24, 2.45) is 0 Å². The monoisotopic (exact) mass is 247 g/mol. The summed E-state index contributed by atoms with van der Waals surface area (Å²) in [6, 6.07) is 0.240. The summed E-state index contributed by atoms with van der Waals surface area (Å²) in [4.78, 5) is 21.9. The van der Waals surface area contributed by atoms with Crippen molar-refractivity contribution in [3.63, 3.8) is 0 Å². The van der Waals surface area contributed by atoms with Crippen molar-refractivity contribution >= 4 is 22.8 Å². The fourth-order valence-corrected chi connectivity index (χ4v) is 1.63. The molecule has 0 radical (unpaired) electrons. The van der Waals surface area contributed by atoms with Crippen molar-refractivity contribution in [3.05, 3.63) is 0 Å². The number of hydrogen-bond acceptors (Lipinski definition) is 2. The predicted molar refractivity (Wildman–Crippen MR) is 66.5 cm³/mol. The van der Waals surface area contributed by atoms with Crippen LogP contribution in [0.2, 0.25) is 0 Å². The van der Waals surface area contributed by atoms with Crippen LogP contribution in [0.25, 0.3) is 0 Å². The number of unbranched alkanes of at least 4 members (excludes halogenated alkanes) is 2. The lowest BCUT2D eigenvalue weighted by atomic mass is 10.1. The van der Waals surface area contributed by atoms with Gasteiger partial charge in [0, 0.05) is 18.9 Å². The van der Waals surface area contributed by atoms with E-state index in [-0.39, 0.29) is 24.8 Å². The molecule has 0 saturated heterocycles. The van der Waals surface area contributed by atoms with Gasteiger partial charge in [0.05, 0.1) is 0 Å². The van der Waals surface area contributed by atoms with Gasteiger partial charge in [-0.15, -0.1) is 0 Å². The van der Waals surface area contributed by atoms with Crippen LogP contribution in [0.15, 0.2) is 0 Å². The van der Waals surface area contributed by atoms with Gasteiger partial charge in [0.1, 0.15) is 0 Å². The van der Waals surface area contributed by atoms with Crippen molar-refractivity contribution < 1.29 is 9.59 Å². The lowest BCUT2D eigenvalue weighted by molar-refractivity contribution is -0.123. The molecule has 1 unspecified atom stereocenters. The maximum atomic E-state index is 11.4. The van der Waals surface area contributed by atoms with Crippen LogP contribution >= 0.6 is 11.6 Å². The Hall–Kier alpha value is -0.570. The molecule has 0 aliphatic heterocycles. The van der Waals surface area contributed by atoms with Gasteiger partial charge >= 0.3 is 0 Å². The third kappa shape index (κ3) is 8.72. The molecule has 0 aliphatic rings. The molecule has 94 valence electrons. The average molecular weight is 248 g/mol. The first-order chi connectivity index (χ1) is 7.60. The fraction of sp³-hybridized carbons (Fsp3) is 0.833. The van der Waals surface area contributed by atoms with Gasteiger partial charge in [-0.25, -0.2) is 0 Å². The Kier molecular flexibility index (Phi) is 9.30. The van der Waals surface area contributed by atoms with Crippen molar-refractivity contribution in [2.45, 2.75) is 64.8 Å². The van der Waals surface area contributed by atoms with Crippen molar-refractivity contribution in [1.82, 2.24) is 5.32 Å². The van der Waals surface area contributed by atoms with Crippen LogP contribution in [0.3, 0.4) is 0 Å². The molecule has 3 nitrogen and oxygen atoms in total. The van der Waals surface area contributed by atoms with Crippen molar-refractivity contribution in [3.8, 4) is 0 Å². The van der Waals surface area contributed by atoms with Gasteiger partial charge < -0.3 is 5.32 Å². The van der Waals surface area contributed by atoms with E-state index in [1.54, 1.807) is 0 Å². The molecular formula is C12H22ClNO2. The van der Waals surface area contributed by atoms with Gasteiger partial charge in [-0.2, -0.15) is 0 Å². The lowest BCUT2D eigenvalue weighted by Crippen LogP contribution is -2.34. The summed E-state index contributed by atoms with van der Waals surface area (Å²) < 4.78 is 0. The zero-order valence-electron chi connectivity index (χ0n) is 10.2. The quantitative estimate of drug-likeness (QED) is 0.503. The number of amides is 1. The Balaban J connectivity index is 3.74. The first-order valence-corrected chi connectivity index (χ1v) is 6.45. The number of halogens is 1. The Bertz CT molecular complexity index is 219. The van der Waals surface area contributed by atoms with E-state index in [0.717, 1.165) is 19.3 Å². The second-order valence-electron chi connectivity index (χ2n) is 4.02. The second-order valence-corrected chi connectivity index (χ2v) is 4.45. The molecule has 1 atom stereocenters. The largest absolute Gasteiger partial charge is 0.353 e. The summed E-state index contributed by atoms with van der Waals surface area (Å²) in [6.07, 6.45) is 5.81. The van der Waals surface area contributed by atoms with E-state index in [4.69, 9.17) is 11.6 Å². The molecule has 1 amide bonds. The normalized spacial score (nSPS) is 12.2. The van der Waals surface area contributed by atoms with Crippen LogP contribution in [-0.2, 0) is 9.59 Å². The highest BCUT2D eigenvalue weighted by Crippen LogP contribution is 2.07. The number of rotatable bonds is 9. The maximum Gasteiger partial charge on any atom is 0.222 e. The van der Waals surface area contributed by atoms with Gasteiger partial charge in [0.15, 0.2) is 0 Å². The Morgan fingerprint density at radius 3 is 2.38 bits per heavy atom. The minimum absolute atomic E-state index is 0.0719. The summed E-state index contributed by atoms with van der Waals surface area (Å²) in [5, 5.41) is 2.48. The summed E-state index contributed by atoms with van der Waals surface area (Å²) in [5.74, 6) is -0.0719. The van der Waals surface area contributed by atoms with Crippen molar-refractivity contribution in [2.75, 3.05) is 0 Å². The average Bonchev–Trinajstić information content (AvgIpc) is 2.25. The predicted octanol–water partition coefficient (Wildman–Crippen LogP) is 3.01. The molecule has 0 rings (SSSR count). The number of carbonyl (C=O) groups is 2. The van der Waals surface area contributed by atoms with Gasteiger partial charge in [-0.05, 0) is 24.4 Å². The van der Waals surface area contributed by atoms with Crippen LogP contribution < -0.4 is 5.32 Å².